The summed E-state index contributed by atoms with van der Waals surface area (Å²) in [4.78, 5) is 26.0. The Bertz CT molecular complexity index is 352. The summed E-state index contributed by atoms with van der Waals surface area (Å²) in [5, 5.41) is 8.96. The second kappa shape index (κ2) is 10.7. The molecule has 0 aromatic rings. The van der Waals surface area contributed by atoms with Crippen molar-refractivity contribution in [2.45, 2.75) is 39.7 Å². The maximum absolute atomic E-state index is 12.2. The molecule has 1 aliphatic heterocycles. The largest absolute Gasteiger partial charge is 0.354 e. The summed E-state index contributed by atoms with van der Waals surface area (Å²) >= 11 is 0. The van der Waals surface area contributed by atoms with Gasteiger partial charge in [-0.15, -0.1) is 12.4 Å². The molecule has 6 nitrogen and oxygen atoms in total. The highest BCUT2D eigenvalue weighted by atomic mass is 35.5. The Morgan fingerprint density at radius 2 is 1.86 bits per heavy atom. The van der Waals surface area contributed by atoms with Crippen LogP contribution in [0.5, 0.6) is 0 Å². The fourth-order valence-corrected chi connectivity index (χ4v) is 2.28. The van der Waals surface area contributed by atoms with E-state index in [-0.39, 0.29) is 36.3 Å². The molecule has 0 aromatic carbocycles. The number of carbonyl (C=O) groups is 2. The molecule has 1 saturated heterocycles. The van der Waals surface area contributed by atoms with Crippen molar-refractivity contribution in [3.63, 3.8) is 0 Å². The van der Waals surface area contributed by atoms with E-state index < -0.39 is 0 Å². The van der Waals surface area contributed by atoms with E-state index in [1.807, 2.05) is 14.0 Å². The highest BCUT2D eigenvalue weighted by Gasteiger charge is 2.28. The zero-order valence-electron chi connectivity index (χ0n) is 14.1. The molecule has 3 N–H and O–H groups in total. The molecule has 0 aromatic heterocycles. The van der Waals surface area contributed by atoms with E-state index in [1.165, 1.54) is 0 Å². The molecule has 1 heterocycles. The summed E-state index contributed by atoms with van der Waals surface area (Å²) in [6, 6.07) is 0.202. The monoisotopic (exact) mass is 334 g/mol. The van der Waals surface area contributed by atoms with Crippen LogP contribution in [0.15, 0.2) is 0 Å². The summed E-state index contributed by atoms with van der Waals surface area (Å²) in [7, 11) is 1.87. The fraction of sp³-hybridized carbons (Fsp3) is 0.867. The number of amides is 3. The second-order valence-electron chi connectivity index (χ2n) is 6.30. The molecular formula is C15H31ClN4O2. The van der Waals surface area contributed by atoms with Crippen molar-refractivity contribution < 1.29 is 9.59 Å². The predicted octanol–water partition coefficient (Wildman–Crippen LogP) is 1.21. The van der Waals surface area contributed by atoms with Crippen LogP contribution in [-0.4, -0.2) is 56.1 Å². The first-order valence-electron chi connectivity index (χ1n) is 7.91. The van der Waals surface area contributed by atoms with E-state index in [2.05, 4.69) is 29.8 Å². The van der Waals surface area contributed by atoms with Crippen LogP contribution in [0.2, 0.25) is 0 Å². The third kappa shape index (κ3) is 7.31. The molecular weight excluding hydrogens is 304 g/mol. The molecule has 0 aliphatic carbocycles. The zero-order valence-corrected chi connectivity index (χ0v) is 15.0. The highest BCUT2D eigenvalue weighted by Crippen LogP contribution is 2.16. The quantitative estimate of drug-likeness (QED) is 0.683. The summed E-state index contributed by atoms with van der Waals surface area (Å²) in [5.41, 5.74) is 0. The average Bonchev–Trinajstić information content (AvgIpc) is 2.49. The summed E-state index contributed by atoms with van der Waals surface area (Å²) in [5.74, 6) is 0.395. The minimum Gasteiger partial charge on any atom is -0.354 e. The summed E-state index contributed by atoms with van der Waals surface area (Å²) in [6.07, 6.45) is 1.74. The molecule has 2 unspecified atom stereocenters. The number of carbonyl (C=O) groups excluding carboxylic acids is 2. The van der Waals surface area contributed by atoms with E-state index in [9.17, 15) is 9.59 Å². The molecule has 0 saturated carbocycles. The molecule has 7 heteroatoms. The lowest BCUT2D eigenvalue weighted by molar-refractivity contribution is -0.126. The van der Waals surface area contributed by atoms with Gasteiger partial charge in [0.05, 0.1) is 5.92 Å². The molecule has 22 heavy (non-hydrogen) atoms. The molecule has 1 fully saturated rings. The Labute approximate surface area is 140 Å². The second-order valence-corrected chi connectivity index (χ2v) is 6.30. The number of piperidine rings is 1. The number of likely N-dealkylation sites (N-methyl/N-ethyl adjacent to an activating group) is 1. The van der Waals surface area contributed by atoms with Crippen LogP contribution < -0.4 is 16.0 Å². The minimum absolute atomic E-state index is 0. The van der Waals surface area contributed by atoms with Crippen molar-refractivity contribution in [1.29, 1.82) is 0 Å². The smallest absolute Gasteiger partial charge is 0.317 e. The topological polar surface area (TPSA) is 73.5 Å². The van der Waals surface area contributed by atoms with Crippen molar-refractivity contribution in [3.05, 3.63) is 0 Å². The van der Waals surface area contributed by atoms with Gasteiger partial charge in [0.15, 0.2) is 0 Å². The van der Waals surface area contributed by atoms with E-state index in [0.29, 0.717) is 25.6 Å². The van der Waals surface area contributed by atoms with Crippen LogP contribution in [0.1, 0.15) is 33.6 Å². The van der Waals surface area contributed by atoms with Crippen LogP contribution in [0, 0.1) is 11.8 Å². The first-order valence-corrected chi connectivity index (χ1v) is 7.91. The van der Waals surface area contributed by atoms with Gasteiger partial charge in [-0.2, -0.15) is 0 Å². The fourth-order valence-electron chi connectivity index (χ4n) is 2.28. The van der Waals surface area contributed by atoms with Gasteiger partial charge in [-0.25, -0.2) is 4.79 Å². The maximum atomic E-state index is 12.2. The Kier molecular flexibility index (Phi) is 10.2. The number of nitrogens with one attached hydrogen (secondary N) is 3. The first-order chi connectivity index (χ1) is 9.93. The van der Waals surface area contributed by atoms with E-state index in [4.69, 9.17) is 0 Å². The van der Waals surface area contributed by atoms with E-state index >= 15 is 0 Å². The summed E-state index contributed by atoms with van der Waals surface area (Å²) in [6.45, 7) is 8.69. The highest BCUT2D eigenvalue weighted by molar-refractivity contribution is 5.85. The number of nitrogens with zero attached hydrogens (tertiary/aromatic N) is 1. The average molecular weight is 335 g/mol. The first kappa shape index (κ1) is 21.0. The molecule has 1 aliphatic rings. The lowest BCUT2D eigenvalue weighted by Gasteiger charge is -2.32. The van der Waals surface area contributed by atoms with Gasteiger partial charge >= 0.3 is 6.03 Å². The van der Waals surface area contributed by atoms with Crippen LogP contribution in [0.3, 0.4) is 0 Å². The third-order valence-corrected chi connectivity index (χ3v) is 3.82. The molecule has 3 amide bonds. The Hall–Kier alpha value is -1.01. The molecule has 130 valence electrons. The number of halogens is 1. The number of urea groups is 1. The van der Waals surface area contributed by atoms with Crippen molar-refractivity contribution in [3.8, 4) is 0 Å². The number of hydrogen-bond acceptors (Lipinski definition) is 3. The van der Waals surface area contributed by atoms with Crippen molar-refractivity contribution in [2.24, 2.45) is 11.8 Å². The van der Waals surface area contributed by atoms with Gasteiger partial charge in [0, 0.05) is 32.2 Å². The SMILES string of the molecule is CNC(C)CNC(=O)C1CCCN(C(=O)NCC(C)C)C1.Cl. The third-order valence-electron chi connectivity index (χ3n) is 3.82. The molecule has 0 bridgehead atoms. The zero-order chi connectivity index (χ0) is 15.8. The normalized spacial score (nSPS) is 19.3. The lowest BCUT2D eigenvalue weighted by atomic mass is 9.97. The van der Waals surface area contributed by atoms with Crippen molar-refractivity contribution in [2.75, 3.05) is 33.2 Å². The minimum atomic E-state index is -0.0902. The van der Waals surface area contributed by atoms with Crippen molar-refractivity contribution in [1.82, 2.24) is 20.9 Å². The molecule has 2 atom stereocenters. The number of likely N-dealkylation sites (tertiary alicyclic amines) is 1. The Morgan fingerprint density at radius 1 is 1.18 bits per heavy atom. The van der Waals surface area contributed by atoms with Gasteiger partial charge in [0.2, 0.25) is 5.91 Å². The van der Waals surface area contributed by atoms with Gasteiger partial charge in [0.25, 0.3) is 0 Å². The van der Waals surface area contributed by atoms with Crippen LogP contribution in [-0.2, 0) is 4.79 Å². The Balaban J connectivity index is 0.00000441. The number of rotatable bonds is 6. The van der Waals surface area contributed by atoms with Gasteiger partial charge in [-0.1, -0.05) is 13.8 Å². The molecule has 1 rings (SSSR count). The van der Waals surface area contributed by atoms with Crippen molar-refractivity contribution >= 4 is 24.3 Å². The van der Waals surface area contributed by atoms with Crippen LogP contribution >= 0.6 is 12.4 Å². The van der Waals surface area contributed by atoms with E-state index in [1.54, 1.807) is 4.90 Å². The van der Waals surface area contributed by atoms with E-state index in [0.717, 1.165) is 19.4 Å². The maximum Gasteiger partial charge on any atom is 0.317 e. The lowest BCUT2D eigenvalue weighted by Crippen LogP contribution is -2.50. The predicted molar refractivity (Wildman–Crippen MR) is 91.3 cm³/mol. The van der Waals surface area contributed by atoms with Gasteiger partial charge in [-0.3, -0.25) is 4.79 Å². The molecule has 0 radical (unpaired) electrons. The number of hydrogen-bond donors (Lipinski definition) is 3. The summed E-state index contributed by atoms with van der Waals surface area (Å²) < 4.78 is 0. The van der Waals surface area contributed by atoms with Gasteiger partial charge in [0.1, 0.15) is 0 Å². The molecule has 0 spiro atoms. The van der Waals surface area contributed by atoms with Crippen LogP contribution in [0.25, 0.3) is 0 Å². The standard InChI is InChI=1S/C15H30N4O2.ClH/c1-11(2)8-18-15(21)19-7-5-6-13(10-19)14(20)17-9-12(3)16-4;/h11-13,16H,5-10H2,1-4H3,(H,17,20)(H,18,21);1H. The van der Waals surface area contributed by atoms with Crippen LogP contribution in [0.4, 0.5) is 4.79 Å². The van der Waals surface area contributed by atoms with Gasteiger partial charge in [-0.05, 0) is 32.7 Å². The Morgan fingerprint density at radius 3 is 2.45 bits per heavy atom. The van der Waals surface area contributed by atoms with Gasteiger partial charge < -0.3 is 20.9 Å².